The number of nitrogens with zero attached hydrogens (tertiary/aromatic N) is 5. The van der Waals surface area contributed by atoms with Crippen molar-refractivity contribution in [3.05, 3.63) is 53.5 Å². The molecule has 1 saturated carbocycles. The predicted molar refractivity (Wildman–Crippen MR) is 112 cm³/mol. The van der Waals surface area contributed by atoms with Gasteiger partial charge in [0.1, 0.15) is 22.3 Å². The second-order valence-corrected chi connectivity index (χ2v) is 9.67. The van der Waals surface area contributed by atoms with Crippen molar-refractivity contribution in [3.8, 4) is 17.6 Å². The highest BCUT2D eigenvalue weighted by Gasteiger charge is 2.41. The Labute approximate surface area is 177 Å². The normalized spacial score (nSPS) is 16.8. The van der Waals surface area contributed by atoms with E-state index in [9.17, 15) is 13.7 Å². The number of pyridine rings is 1. The first-order valence-electron chi connectivity index (χ1n) is 9.16. The number of aromatic nitrogens is 4. The molecule has 3 heterocycles. The van der Waals surface area contributed by atoms with E-state index in [0.717, 1.165) is 18.5 Å². The zero-order valence-electron chi connectivity index (χ0n) is 15.8. The fourth-order valence-electron chi connectivity index (χ4n) is 3.30. The first-order valence-corrected chi connectivity index (χ1v) is 11.0. The average Bonchev–Trinajstić information content (AvgIpc) is 3.30. The van der Waals surface area contributed by atoms with Gasteiger partial charge in [-0.2, -0.15) is 5.26 Å². The Bertz CT molecular complexity index is 1410. The number of hydrogen-bond donors (Lipinski definition) is 1. The largest absolute Gasteiger partial charge is 0.290 e. The van der Waals surface area contributed by atoms with Crippen LogP contribution >= 0.6 is 11.6 Å². The van der Waals surface area contributed by atoms with Crippen LogP contribution in [0.3, 0.4) is 0 Å². The van der Waals surface area contributed by atoms with Crippen molar-refractivity contribution < 1.29 is 8.42 Å². The predicted octanol–water partition coefficient (Wildman–Crippen LogP) is 3.26. The number of halogens is 1. The molecule has 3 aromatic heterocycles. The van der Waals surface area contributed by atoms with E-state index in [2.05, 4.69) is 25.7 Å². The zero-order valence-corrected chi connectivity index (χ0v) is 17.4. The maximum Gasteiger partial charge on any atom is 0.244 e. The number of nitrogens with one attached hydrogen (secondary N) is 1. The Morgan fingerprint density at radius 2 is 1.93 bits per heavy atom. The highest BCUT2D eigenvalue weighted by Crippen LogP contribution is 2.37. The molecule has 0 bridgehead atoms. The summed E-state index contributed by atoms with van der Waals surface area (Å²) in [7, 11) is -3.72. The van der Waals surface area contributed by atoms with Crippen LogP contribution in [0.2, 0.25) is 5.02 Å². The number of fused-ring (bicyclic) bond motifs is 1. The maximum atomic E-state index is 12.6. The molecule has 1 fully saturated rings. The van der Waals surface area contributed by atoms with E-state index >= 15 is 0 Å². The van der Waals surface area contributed by atoms with E-state index in [1.807, 2.05) is 25.2 Å². The van der Waals surface area contributed by atoms with Gasteiger partial charge >= 0.3 is 0 Å². The van der Waals surface area contributed by atoms with Gasteiger partial charge in [0.15, 0.2) is 5.82 Å². The lowest BCUT2D eigenvalue weighted by atomic mass is 10.1. The fraction of sp³-hybridized carbons (Fsp3) is 0.200. The smallest absolute Gasteiger partial charge is 0.244 e. The molecule has 0 aromatic carbocycles. The highest BCUT2D eigenvalue weighted by molar-refractivity contribution is 7.89. The van der Waals surface area contributed by atoms with Crippen LogP contribution in [0.5, 0.6) is 0 Å². The number of nitriles is 1. The molecule has 0 radical (unpaired) electrons. The third-order valence-corrected chi connectivity index (χ3v) is 7.01. The summed E-state index contributed by atoms with van der Waals surface area (Å²) in [6, 6.07) is 3.86. The number of rotatable bonds is 5. The van der Waals surface area contributed by atoms with Crippen molar-refractivity contribution >= 4 is 38.4 Å². The standard InChI is InChI=1S/C20H15ClN6O2S/c1-20(5-6-20)26-30(28,29)14-10-23-18(24-11-14)17-16(8-22)15-7-12(21)9-25-19(15)27(17)13-3-2-4-13/h2-4,7,9-11,26H,5-6H2,1H3. The monoisotopic (exact) mass is 438 g/mol. The maximum absolute atomic E-state index is 12.6. The lowest BCUT2D eigenvalue weighted by Crippen LogP contribution is -2.34. The van der Waals surface area contributed by atoms with E-state index in [0.29, 0.717) is 27.3 Å². The summed E-state index contributed by atoms with van der Waals surface area (Å²) >= 11 is 6.10. The summed E-state index contributed by atoms with van der Waals surface area (Å²) in [6.45, 7) is 1.86. The van der Waals surface area contributed by atoms with Gasteiger partial charge in [-0.25, -0.2) is 28.1 Å². The summed E-state index contributed by atoms with van der Waals surface area (Å²) in [5, 5.41) is 10.8. The van der Waals surface area contributed by atoms with Crippen molar-refractivity contribution in [3.63, 3.8) is 0 Å². The molecule has 0 aliphatic heterocycles. The summed E-state index contributed by atoms with van der Waals surface area (Å²) in [5.41, 5.74) is 1.72. The Morgan fingerprint density at radius 1 is 1.23 bits per heavy atom. The van der Waals surface area contributed by atoms with Crippen LogP contribution in [0.4, 0.5) is 0 Å². The molecule has 3 aromatic rings. The number of sulfonamides is 1. The van der Waals surface area contributed by atoms with Gasteiger partial charge in [-0.3, -0.25) is 4.57 Å². The van der Waals surface area contributed by atoms with Crippen molar-refractivity contribution in [2.75, 3.05) is 0 Å². The van der Waals surface area contributed by atoms with Gasteiger partial charge in [-0.1, -0.05) is 17.7 Å². The Hall–Kier alpha value is -3.06. The molecule has 5 rings (SSSR count). The van der Waals surface area contributed by atoms with Gasteiger partial charge in [-0.05, 0) is 38.0 Å². The SMILES string of the molecule is CC1(NS(=O)(=O)c2cnc(-c3c(C#N)c4cc(Cl)cnc4n3C3=CC=C3)nc2)CC1. The van der Waals surface area contributed by atoms with E-state index < -0.39 is 15.6 Å². The minimum atomic E-state index is -3.72. The Balaban J connectivity index is 1.65. The van der Waals surface area contributed by atoms with E-state index in [-0.39, 0.29) is 10.7 Å². The van der Waals surface area contributed by atoms with E-state index in [4.69, 9.17) is 11.6 Å². The van der Waals surface area contributed by atoms with Crippen LogP contribution in [0.25, 0.3) is 28.2 Å². The first kappa shape index (κ1) is 18.9. The summed E-state index contributed by atoms with van der Waals surface area (Å²) in [6.07, 6.45) is 11.2. The first-order chi connectivity index (χ1) is 14.3. The molecule has 0 unspecified atom stereocenters. The molecular formula is C20H15ClN6O2S. The quantitative estimate of drug-likeness (QED) is 0.654. The summed E-state index contributed by atoms with van der Waals surface area (Å²) in [5.74, 6) is 0.221. The molecule has 150 valence electrons. The zero-order chi connectivity index (χ0) is 21.1. The number of hydrogen-bond acceptors (Lipinski definition) is 6. The van der Waals surface area contributed by atoms with E-state index in [1.54, 1.807) is 10.6 Å². The molecule has 2 aliphatic carbocycles. The summed E-state index contributed by atoms with van der Waals surface area (Å²) < 4.78 is 29.6. The lowest BCUT2D eigenvalue weighted by Gasteiger charge is -2.14. The van der Waals surface area contributed by atoms with Gasteiger partial charge in [0.2, 0.25) is 10.0 Å². The molecule has 30 heavy (non-hydrogen) atoms. The lowest BCUT2D eigenvalue weighted by molar-refractivity contribution is 0.557. The van der Waals surface area contributed by atoms with Gasteiger partial charge in [0.05, 0.1) is 23.0 Å². The second kappa shape index (κ2) is 6.47. The molecule has 0 amide bonds. The summed E-state index contributed by atoms with van der Waals surface area (Å²) in [4.78, 5) is 12.9. The fourth-order valence-corrected chi connectivity index (χ4v) is 4.81. The molecule has 1 N–H and O–H groups in total. The molecule has 2 aliphatic rings. The average molecular weight is 439 g/mol. The van der Waals surface area contributed by atoms with Crippen LogP contribution in [-0.2, 0) is 10.0 Å². The van der Waals surface area contributed by atoms with Crippen LogP contribution in [0.15, 0.2) is 47.8 Å². The molecule has 0 saturated heterocycles. The minimum absolute atomic E-state index is 0.0236. The molecule has 0 atom stereocenters. The van der Waals surface area contributed by atoms with Gasteiger partial charge in [0, 0.05) is 22.8 Å². The Morgan fingerprint density at radius 3 is 2.50 bits per heavy atom. The van der Waals surface area contributed by atoms with Crippen LogP contribution < -0.4 is 4.72 Å². The van der Waals surface area contributed by atoms with Crippen molar-refractivity contribution in [2.24, 2.45) is 0 Å². The van der Waals surface area contributed by atoms with Crippen LogP contribution in [0.1, 0.15) is 25.3 Å². The van der Waals surface area contributed by atoms with Crippen molar-refractivity contribution in [1.29, 1.82) is 5.26 Å². The third-order valence-electron chi connectivity index (χ3n) is 5.21. The van der Waals surface area contributed by atoms with Crippen LogP contribution in [-0.4, -0.2) is 33.5 Å². The third kappa shape index (κ3) is 3.01. The minimum Gasteiger partial charge on any atom is -0.290 e. The van der Waals surface area contributed by atoms with Crippen LogP contribution in [0, 0.1) is 11.3 Å². The van der Waals surface area contributed by atoms with E-state index in [1.165, 1.54) is 18.6 Å². The van der Waals surface area contributed by atoms with Gasteiger partial charge < -0.3 is 0 Å². The number of allylic oxidation sites excluding steroid dienone is 4. The van der Waals surface area contributed by atoms with Crippen molar-refractivity contribution in [2.45, 2.75) is 30.2 Å². The molecule has 0 spiro atoms. The molecular weight excluding hydrogens is 424 g/mol. The topological polar surface area (TPSA) is 114 Å². The molecule has 10 heteroatoms. The highest BCUT2D eigenvalue weighted by atomic mass is 35.5. The van der Waals surface area contributed by atoms with Crippen molar-refractivity contribution in [1.82, 2.24) is 24.2 Å². The second-order valence-electron chi connectivity index (χ2n) is 7.55. The van der Waals surface area contributed by atoms with Gasteiger partial charge in [-0.15, -0.1) is 0 Å². The molecule has 8 nitrogen and oxygen atoms in total. The van der Waals surface area contributed by atoms with Gasteiger partial charge in [0.25, 0.3) is 0 Å². The Kier molecular flexibility index (Phi) is 4.08.